The zero-order chi connectivity index (χ0) is 20.6. The molecule has 146 valence electrons. The lowest BCUT2D eigenvalue weighted by atomic mass is 10.0. The first-order valence-electron chi connectivity index (χ1n) is 6.83. The van der Waals surface area contributed by atoms with E-state index >= 15 is 0 Å². The molecule has 0 spiro atoms. The minimum atomic E-state index is -5.32. The van der Waals surface area contributed by atoms with Crippen molar-refractivity contribution in [1.29, 1.82) is 0 Å². The van der Waals surface area contributed by atoms with Crippen LogP contribution in [0, 0.1) is 0 Å². The third kappa shape index (κ3) is 4.92. The second kappa shape index (κ2) is 7.04. The van der Waals surface area contributed by atoms with Crippen LogP contribution < -0.4 is 4.72 Å². The topological polar surface area (TPSA) is 63.2 Å². The van der Waals surface area contributed by atoms with Crippen LogP contribution in [-0.2, 0) is 22.4 Å². The third-order valence-corrected chi connectivity index (χ3v) is 4.85. The Kier molecular flexibility index (Phi) is 5.48. The van der Waals surface area contributed by atoms with Crippen LogP contribution in [0.5, 0.6) is 0 Å². The third-order valence-electron chi connectivity index (χ3n) is 3.25. The van der Waals surface area contributed by atoms with Crippen LogP contribution in [0.3, 0.4) is 0 Å². The highest BCUT2D eigenvalue weighted by Crippen LogP contribution is 2.37. The van der Waals surface area contributed by atoms with Crippen molar-refractivity contribution in [2.45, 2.75) is 17.2 Å². The Morgan fingerprint density at radius 2 is 1.44 bits per heavy atom. The fourth-order valence-electron chi connectivity index (χ4n) is 2.00. The van der Waals surface area contributed by atoms with E-state index in [1.807, 2.05) is 0 Å². The van der Waals surface area contributed by atoms with Crippen molar-refractivity contribution in [2.24, 2.45) is 0 Å². The Morgan fingerprint density at radius 1 is 0.889 bits per heavy atom. The Balaban J connectivity index is 2.45. The van der Waals surface area contributed by atoms with Gasteiger partial charge in [0.2, 0.25) is 0 Å². The molecule has 0 aliphatic carbocycles. The summed E-state index contributed by atoms with van der Waals surface area (Å²) in [5.74, 6) is -1.73. The number of sulfonamides is 1. The van der Waals surface area contributed by atoms with E-state index < -0.39 is 49.9 Å². The number of rotatable bonds is 3. The molecule has 0 heterocycles. The summed E-state index contributed by atoms with van der Waals surface area (Å²) in [5.41, 5.74) is -4.82. The van der Waals surface area contributed by atoms with E-state index in [9.17, 15) is 39.6 Å². The van der Waals surface area contributed by atoms with Gasteiger partial charge in [-0.05, 0) is 42.5 Å². The highest BCUT2D eigenvalue weighted by atomic mass is 35.5. The summed E-state index contributed by atoms with van der Waals surface area (Å²) < 4.78 is 103. The summed E-state index contributed by atoms with van der Waals surface area (Å²) >= 11 is 5.59. The summed E-state index contributed by atoms with van der Waals surface area (Å²) in [6.45, 7) is 0. The molecule has 0 unspecified atom stereocenters. The van der Waals surface area contributed by atoms with Crippen LogP contribution in [0.4, 0.5) is 26.3 Å². The summed E-state index contributed by atoms with van der Waals surface area (Å²) in [6.07, 6.45) is -10.4. The predicted octanol–water partition coefficient (Wildman–Crippen LogP) is 4.50. The van der Waals surface area contributed by atoms with Gasteiger partial charge in [0.25, 0.3) is 15.9 Å². The molecule has 12 heteroatoms. The van der Waals surface area contributed by atoms with E-state index in [1.54, 1.807) is 0 Å². The van der Waals surface area contributed by atoms with Gasteiger partial charge in [0.05, 0.1) is 21.6 Å². The lowest BCUT2D eigenvalue weighted by Crippen LogP contribution is -2.32. The molecule has 0 aliphatic rings. The van der Waals surface area contributed by atoms with E-state index in [1.165, 1.54) is 16.9 Å². The first-order chi connectivity index (χ1) is 12.2. The van der Waals surface area contributed by atoms with Gasteiger partial charge in [0, 0.05) is 5.02 Å². The highest BCUT2D eigenvalue weighted by Gasteiger charge is 2.40. The molecule has 2 aromatic carbocycles. The highest BCUT2D eigenvalue weighted by molar-refractivity contribution is 7.90. The molecule has 0 saturated heterocycles. The Bertz CT molecular complexity index is 969. The number of hydrogen-bond acceptors (Lipinski definition) is 3. The van der Waals surface area contributed by atoms with Gasteiger partial charge in [-0.25, -0.2) is 13.1 Å². The molecule has 2 aromatic rings. The maximum absolute atomic E-state index is 13.1. The van der Waals surface area contributed by atoms with Crippen molar-refractivity contribution < 1.29 is 39.6 Å². The molecule has 0 bridgehead atoms. The lowest BCUT2D eigenvalue weighted by Gasteiger charge is -2.16. The minimum absolute atomic E-state index is 0.169. The van der Waals surface area contributed by atoms with Crippen LogP contribution in [0.25, 0.3) is 0 Å². The smallest absolute Gasteiger partial charge is 0.268 e. The number of hydrogen-bond donors (Lipinski definition) is 1. The van der Waals surface area contributed by atoms with Crippen molar-refractivity contribution >= 4 is 27.5 Å². The number of carbonyl (C=O) groups excluding carboxylic acids is 1. The molecule has 0 fully saturated rings. The van der Waals surface area contributed by atoms with Gasteiger partial charge in [-0.15, -0.1) is 0 Å². The van der Waals surface area contributed by atoms with Crippen molar-refractivity contribution in [2.75, 3.05) is 0 Å². The molecule has 1 amide bonds. The normalized spacial score (nSPS) is 12.7. The summed E-state index contributed by atoms with van der Waals surface area (Å²) in [6, 6.07) is 4.58. The molecule has 0 aliphatic heterocycles. The zero-order valence-corrected chi connectivity index (χ0v) is 14.4. The Morgan fingerprint density at radius 3 is 1.93 bits per heavy atom. The molecule has 0 saturated carbocycles. The largest absolute Gasteiger partial charge is 0.417 e. The molecule has 0 aromatic heterocycles. The van der Waals surface area contributed by atoms with Crippen LogP contribution >= 0.6 is 11.6 Å². The van der Waals surface area contributed by atoms with Crippen LogP contribution in [0.1, 0.15) is 21.5 Å². The molecule has 2 rings (SSSR count). The maximum atomic E-state index is 13.1. The lowest BCUT2D eigenvalue weighted by molar-refractivity contribution is -0.143. The van der Waals surface area contributed by atoms with Gasteiger partial charge in [-0.2, -0.15) is 26.3 Å². The van der Waals surface area contributed by atoms with E-state index in [-0.39, 0.29) is 23.2 Å². The van der Waals surface area contributed by atoms with Crippen LogP contribution in [0.15, 0.2) is 47.4 Å². The minimum Gasteiger partial charge on any atom is -0.268 e. The first kappa shape index (κ1) is 21.0. The monoisotopic (exact) mass is 431 g/mol. The summed E-state index contributed by atoms with van der Waals surface area (Å²) in [7, 11) is -4.57. The van der Waals surface area contributed by atoms with Crippen molar-refractivity contribution in [3.8, 4) is 0 Å². The fraction of sp³-hybridized carbons (Fsp3) is 0.133. The van der Waals surface area contributed by atoms with E-state index in [4.69, 9.17) is 11.6 Å². The number of benzene rings is 2. The van der Waals surface area contributed by atoms with E-state index in [0.717, 1.165) is 12.1 Å². The number of alkyl halides is 6. The van der Waals surface area contributed by atoms with Gasteiger partial charge >= 0.3 is 12.4 Å². The molecule has 27 heavy (non-hydrogen) atoms. The standard InChI is InChI=1S/C15H8ClF6NO3S/c16-9-2-4-10(5-3-9)27(25,26)23-13(24)11-6-1-8(14(17,18)19)7-12(11)15(20,21)22/h1-7H,(H,23,24). The van der Waals surface area contributed by atoms with Crippen LogP contribution in [-0.4, -0.2) is 14.3 Å². The fourth-order valence-corrected chi connectivity index (χ4v) is 3.10. The molecule has 0 radical (unpaired) electrons. The SMILES string of the molecule is O=C(NS(=O)(=O)c1ccc(Cl)cc1)c1ccc(C(F)(F)F)cc1C(F)(F)F. The number of halogens is 7. The number of amides is 1. The Labute approximate surface area is 153 Å². The first-order valence-corrected chi connectivity index (χ1v) is 8.69. The summed E-state index contributed by atoms with van der Waals surface area (Å²) in [5, 5.41) is 0.169. The zero-order valence-electron chi connectivity index (χ0n) is 12.8. The van der Waals surface area contributed by atoms with Crippen molar-refractivity contribution in [1.82, 2.24) is 4.72 Å². The van der Waals surface area contributed by atoms with Gasteiger partial charge in [0.15, 0.2) is 0 Å². The van der Waals surface area contributed by atoms with Gasteiger partial charge in [-0.1, -0.05) is 11.6 Å². The van der Waals surface area contributed by atoms with E-state index in [2.05, 4.69) is 0 Å². The molecule has 1 N–H and O–H groups in total. The predicted molar refractivity (Wildman–Crippen MR) is 82.6 cm³/mol. The van der Waals surface area contributed by atoms with E-state index in [0.29, 0.717) is 0 Å². The number of nitrogens with one attached hydrogen (secondary N) is 1. The Hall–Kier alpha value is -2.27. The quantitative estimate of drug-likeness (QED) is 0.728. The van der Waals surface area contributed by atoms with Gasteiger partial charge < -0.3 is 0 Å². The second-order valence-electron chi connectivity index (χ2n) is 5.14. The summed E-state index contributed by atoms with van der Waals surface area (Å²) in [4.78, 5) is 11.6. The van der Waals surface area contributed by atoms with Gasteiger partial charge in [-0.3, -0.25) is 4.79 Å². The van der Waals surface area contributed by atoms with Gasteiger partial charge in [0.1, 0.15) is 0 Å². The van der Waals surface area contributed by atoms with Crippen molar-refractivity contribution in [3.63, 3.8) is 0 Å². The molecule has 0 atom stereocenters. The number of carbonyl (C=O) groups is 1. The maximum Gasteiger partial charge on any atom is 0.417 e. The molecular weight excluding hydrogens is 424 g/mol. The second-order valence-corrected chi connectivity index (χ2v) is 7.26. The molecule has 4 nitrogen and oxygen atoms in total. The average Bonchev–Trinajstić information content (AvgIpc) is 2.52. The van der Waals surface area contributed by atoms with Crippen molar-refractivity contribution in [3.05, 3.63) is 64.2 Å². The molecular formula is C15H8ClF6NO3S. The average molecular weight is 432 g/mol. The van der Waals surface area contributed by atoms with Crippen LogP contribution in [0.2, 0.25) is 5.02 Å².